The number of benzene rings is 2. The number of carboxylic acid groups (broad SMARTS) is 1. The number of aromatic amines is 1. The molecule has 2 aromatic carbocycles. The highest BCUT2D eigenvalue weighted by Gasteiger charge is 2.12. The first kappa shape index (κ1) is 20.7. The summed E-state index contributed by atoms with van der Waals surface area (Å²) in [5.74, 6) is -0.340. The summed E-state index contributed by atoms with van der Waals surface area (Å²) in [6.07, 6.45) is 1.37. The highest BCUT2D eigenvalue weighted by atomic mass is 16.5. The van der Waals surface area contributed by atoms with Gasteiger partial charge in [0.1, 0.15) is 11.5 Å². The minimum Gasteiger partial charge on any atom is -0.478 e. The van der Waals surface area contributed by atoms with Crippen molar-refractivity contribution in [3.05, 3.63) is 105 Å². The second-order valence-corrected chi connectivity index (χ2v) is 7.05. The molecular weight excluding hydrogens is 412 g/mol. The van der Waals surface area contributed by atoms with Crippen LogP contribution in [-0.2, 0) is 6.54 Å². The summed E-state index contributed by atoms with van der Waals surface area (Å²) < 4.78 is 7.25. The van der Waals surface area contributed by atoms with Crippen LogP contribution in [0.15, 0.2) is 76.4 Å². The Hall–Kier alpha value is -4.53. The van der Waals surface area contributed by atoms with Crippen molar-refractivity contribution in [2.45, 2.75) is 13.5 Å². The normalized spacial score (nSPS) is 10.7. The molecule has 0 saturated carbocycles. The highest BCUT2D eigenvalue weighted by molar-refractivity contribution is 5.88. The second-order valence-electron chi connectivity index (χ2n) is 7.05. The largest absolute Gasteiger partial charge is 0.478 e. The van der Waals surface area contributed by atoms with Gasteiger partial charge in [-0.2, -0.15) is 10.2 Å². The molecule has 32 heavy (non-hydrogen) atoms. The molecule has 9 heteroatoms. The van der Waals surface area contributed by atoms with Crippen LogP contribution in [0.5, 0.6) is 11.5 Å². The number of carboxylic acids is 1. The lowest BCUT2D eigenvalue weighted by molar-refractivity contribution is 0.0696. The van der Waals surface area contributed by atoms with Crippen molar-refractivity contribution in [3.8, 4) is 22.8 Å². The first-order valence-corrected chi connectivity index (χ1v) is 9.64. The van der Waals surface area contributed by atoms with Gasteiger partial charge in [0.25, 0.3) is 5.56 Å². The molecule has 2 heterocycles. The lowest BCUT2D eigenvalue weighted by Gasteiger charge is -2.13. The Morgan fingerprint density at radius 1 is 1.03 bits per heavy atom. The van der Waals surface area contributed by atoms with Gasteiger partial charge in [-0.05, 0) is 55.5 Å². The number of rotatable bonds is 6. The fourth-order valence-corrected chi connectivity index (χ4v) is 3.04. The Morgan fingerprint density at radius 3 is 2.47 bits per heavy atom. The van der Waals surface area contributed by atoms with Crippen molar-refractivity contribution >= 4 is 5.97 Å². The van der Waals surface area contributed by atoms with Gasteiger partial charge in [-0.3, -0.25) is 14.3 Å². The van der Waals surface area contributed by atoms with Crippen LogP contribution in [-0.4, -0.2) is 30.8 Å². The van der Waals surface area contributed by atoms with Crippen molar-refractivity contribution in [1.29, 1.82) is 0 Å². The summed E-state index contributed by atoms with van der Waals surface area (Å²) in [5, 5.41) is 17.6. The molecule has 160 valence electrons. The van der Waals surface area contributed by atoms with Crippen LogP contribution >= 0.6 is 0 Å². The average Bonchev–Trinajstić information content (AvgIpc) is 2.77. The minimum atomic E-state index is -1.10. The van der Waals surface area contributed by atoms with Gasteiger partial charge < -0.3 is 9.84 Å². The van der Waals surface area contributed by atoms with Crippen molar-refractivity contribution in [2.75, 3.05) is 0 Å². The molecule has 0 aliphatic rings. The molecule has 4 rings (SSSR count). The zero-order chi connectivity index (χ0) is 22.7. The first-order chi connectivity index (χ1) is 15.4. The number of aryl methyl sites for hydroxylation is 1. The number of ether oxygens (including phenoxy) is 1. The molecule has 0 aliphatic carbocycles. The Labute approximate surface area is 181 Å². The average molecular weight is 430 g/mol. The van der Waals surface area contributed by atoms with E-state index in [2.05, 4.69) is 15.2 Å². The number of hydrogen-bond acceptors (Lipinski definition) is 6. The summed E-state index contributed by atoms with van der Waals surface area (Å²) in [6.45, 7) is 1.94. The lowest BCUT2D eigenvalue weighted by atomic mass is 10.1. The fourth-order valence-electron chi connectivity index (χ4n) is 3.04. The van der Waals surface area contributed by atoms with E-state index in [4.69, 9.17) is 4.74 Å². The van der Waals surface area contributed by atoms with Crippen molar-refractivity contribution in [1.82, 2.24) is 19.7 Å². The number of aromatic carboxylic acids is 1. The molecule has 0 radical (unpaired) electrons. The number of carbonyl (C=O) groups is 1. The van der Waals surface area contributed by atoms with Crippen LogP contribution in [0, 0.1) is 6.92 Å². The highest BCUT2D eigenvalue weighted by Crippen LogP contribution is 2.29. The van der Waals surface area contributed by atoms with Crippen LogP contribution in [0.4, 0.5) is 0 Å². The Bertz CT molecular complexity index is 1390. The third-order valence-electron chi connectivity index (χ3n) is 4.73. The van der Waals surface area contributed by atoms with E-state index < -0.39 is 17.2 Å². The van der Waals surface area contributed by atoms with E-state index in [0.29, 0.717) is 17.0 Å². The smallest absolute Gasteiger partial charge is 0.335 e. The molecule has 4 aromatic rings. The minimum absolute atomic E-state index is 0.0455. The summed E-state index contributed by atoms with van der Waals surface area (Å²) in [4.78, 5) is 37.0. The number of nitrogens with one attached hydrogen (secondary N) is 1. The molecule has 0 fully saturated rings. The summed E-state index contributed by atoms with van der Waals surface area (Å²) in [5.41, 5.74) is 1.93. The van der Waals surface area contributed by atoms with Crippen molar-refractivity contribution in [2.24, 2.45) is 0 Å². The van der Waals surface area contributed by atoms with Gasteiger partial charge in [0.05, 0.1) is 23.5 Å². The zero-order valence-electron chi connectivity index (χ0n) is 17.0. The molecular formula is C23H18N4O5. The van der Waals surface area contributed by atoms with Crippen LogP contribution in [0.25, 0.3) is 11.3 Å². The van der Waals surface area contributed by atoms with E-state index in [0.717, 1.165) is 11.3 Å². The van der Waals surface area contributed by atoms with Gasteiger partial charge in [0.2, 0.25) is 0 Å². The molecule has 0 aliphatic heterocycles. The third-order valence-corrected chi connectivity index (χ3v) is 4.73. The predicted molar refractivity (Wildman–Crippen MR) is 116 cm³/mol. The lowest BCUT2D eigenvalue weighted by Crippen LogP contribution is -2.29. The maximum atomic E-state index is 12.0. The topological polar surface area (TPSA) is 127 Å². The molecule has 2 N–H and O–H groups in total. The van der Waals surface area contributed by atoms with Gasteiger partial charge in [0, 0.05) is 23.4 Å². The van der Waals surface area contributed by atoms with Gasteiger partial charge in [-0.15, -0.1) is 0 Å². The summed E-state index contributed by atoms with van der Waals surface area (Å²) in [7, 11) is 0. The van der Waals surface area contributed by atoms with E-state index in [1.807, 2.05) is 31.2 Å². The maximum Gasteiger partial charge on any atom is 0.335 e. The van der Waals surface area contributed by atoms with Crippen LogP contribution in [0.3, 0.4) is 0 Å². The van der Waals surface area contributed by atoms with E-state index >= 15 is 0 Å². The Morgan fingerprint density at radius 2 is 1.81 bits per heavy atom. The van der Waals surface area contributed by atoms with Crippen molar-refractivity contribution < 1.29 is 14.6 Å². The van der Waals surface area contributed by atoms with Crippen molar-refractivity contribution in [3.63, 3.8) is 0 Å². The number of nitrogens with zero attached hydrogens (tertiary/aromatic N) is 3. The number of H-pyrrole nitrogens is 1. The Balaban J connectivity index is 1.64. The summed E-state index contributed by atoms with van der Waals surface area (Å²) in [6, 6.07) is 16.5. The first-order valence-electron chi connectivity index (χ1n) is 9.64. The molecule has 0 spiro atoms. The molecule has 0 saturated heterocycles. The van der Waals surface area contributed by atoms with Crippen LogP contribution < -0.4 is 16.0 Å². The SMILES string of the molecule is Cc1ccc(-c2ccc(Oc3cc(C(=O)O)ccc3Cn3ccc(=O)[nH]c3=O)cc2)nn1. The monoisotopic (exact) mass is 430 g/mol. The van der Waals surface area contributed by atoms with Gasteiger partial charge in [-0.1, -0.05) is 6.07 Å². The van der Waals surface area contributed by atoms with E-state index in [9.17, 15) is 19.5 Å². The standard InChI is InChI=1S/C23H18N4O5/c1-14-2-9-19(26-25-14)15-5-7-18(8-6-15)32-20-12-16(22(29)30)3-4-17(20)13-27-11-10-21(28)24-23(27)31/h2-12H,13H2,1H3,(H,29,30)(H,24,28,31). The number of hydrogen-bond donors (Lipinski definition) is 2. The van der Waals surface area contributed by atoms with Crippen LogP contribution in [0.1, 0.15) is 21.6 Å². The fraction of sp³-hybridized carbons (Fsp3) is 0.0870. The second kappa shape index (κ2) is 8.68. The Kier molecular flexibility index (Phi) is 5.63. The molecule has 0 unspecified atom stereocenters. The molecule has 2 aromatic heterocycles. The van der Waals surface area contributed by atoms with E-state index in [1.54, 1.807) is 18.2 Å². The van der Waals surface area contributed by atoms with Gasteiger partial charge in [-0.25, -0.2) is 9.59 Å². The predicted octanol–water partition coefficient (Wildman–Crippen LogP) is 2.84. The molecule has 0 bridgehead atoms. The quantitative estimate of drug-likeness (QED) is 0.481. The molecule has 0 atom stereocenters. The molecule has 9 nitrogen and oxygen atoms in total. The summed E-state index contributed by atoms with van der Waals surface area (Å²) >= 11 is 0. The van der Waals surface area contributed by atoms with Gasteiger partial charge >= 0.3 is 11.7 Å². The van der Waals surface area contributed by atoms with E-state index in [-0.39, 0.29) is 17.9 Å². The zero-order valence-corrected chi connectivity index (χ0v) is 17.0. The maximum absolute atomic E-state index is 12.0. The third kappa shape index (κ3) is 4.62. The van der Waals surface area contributed by atoms with E-state index in [1.165, 1.54) is 29.0 Å². The van der Waals surface area contributed by atoms with Gasteiger partial charge in [0.15, 0.2) is 0 Å². The number of aromatic nitrogens is 4. The molecule has 0 amide bonds. The van der Waals surface area contributed by atoms with Crippen LogP contribution in [0.2, 0.25) is 0 Å².